The van der Waals surface area contributed by atoms with Gasteiger partial charge in [0.2, 0.25) is 10.0 Å². The largest absolute Gasteiger partial charge is 0.432 e. The van der Waals surface area contributed by atoms with E-state index in [1.54, 1.807) is 13.0 Å². The van der Waals surface area contributed by atoms with Crippen LogP contribution in [-0.2, 0) is 14.8 Å². The number of fused-ring (bicyclic) bond motifs is 1. The molecule has 37 heavy (non-hydrogen) atoms. The fourth-order valence-corrected chi connectivity index (χ4v) is 5.53. The summed E-state index contributed by atoms with van der Waals surface area (Å²) in [6, 6.07) is 9.36. The zero-order valence-electron chi connectivity index (χ0n) is 19.5. The Morgan fingerprint density at radius 1 is 1.11 bits per heavy atom. The number of carbonyl (C=O) groups is 1. The third-order valence-corrected chi connectivity index (χ3v) is 7.68. The van der Waals surface area contributed by atoms with Crippen molar-refractivity contribution in [3.05, 3.63) is 72.2 Å². The van der Waals surface area contributed by atoms with Gasteiger partial charge in [0, 0.05) is 30.2 Å². The minimum Gasteiger partial charge on any atom is -0.406 e. The van der Waals surface area contributed by atoms with E-state index >= 15 is 0 Å². The Morgan fingerprint density at radius 3 is 2.59 bits per heavy atom. The molecule has 3 heterocycles. The average Bonchev–Trinajstić information content (AvgIpc) is 3.23. The van der Waals surface area contributed by atoms with E-state index in [9.17, 15) is 22.0 Å². The molecule has 2 aromatic heterocycles. The number of hydrogen-bond acceptors (Lipinski definition) is 7. The van der Waals surface area contributed by atoms with E-state index in [4.69, 9.17) is 9.47 Å². The molecule has 2 aromatic carbocycles. The van der Waals surface area contributed by atoms with Gasteiger partial charge in [-0.1, -0.05) is 12.1 Å². The quantitative estimate of drug-likeness (QED) is 0.421. The monoisotopic (exact) mass is 529 g/mol. The molecule has 0 aliphatic carbocycles. The number of nitrogens with one attached hydrogen (secondary N) is 1. The number of morpholine rings is 1. The van der Waals surface area contributed by atoms with Crippen molar-refractivity contribution in [2.75, 3.05) is 31.7 Å². The van der Waals surface area contributed by atoms with Crippen molar-refractivity contribution >= 4 is 27.0 Å². The van der Waals surface area contributed by atoms with Gasteiger partial charge in [0.1, 0.15) is 16.5 Å². The highest BCUT2D eigenvalue weighted by Crippen LogP contribution is 2.29. The van der Waals surface area contributed by atoms with E-state index in [-0.39, 0.29) is 53.7 Å². The Kier molecular flexibility index (Phi) is 6.58. The van der Waals surface area contributed by atoms with Gasteiger partial charge in [0.05, 0.1) is 30.6 Å². The van der Waals surface area contributed by atoms with Crippen LogP contribution in [0, 0.1) is 18.6 Å². The second-order valence-electron chi connectivity index (χ2n) is 8.20. The maximum atomic E-state index is 14.0. The minimum absolute atomic E-state index is 0.0429. The highest BCUT2D eigenvalue weighted by atomic mass is 32.2. The number of hydrogen-bond donors (Lipinski definition) is 1. The van der Waals surface area contributed by atoms with Crippen molar-refractivity contribution in [3.8, 4) is 17.1 Å². The van der Waals surface area contributed by atoms with E-state index in [0.717, 1.165) is 16.8 Å². The summed E-state index contributed by atoms with van der Waals surface area (Å²) in [5.41, 5.74) is 3.48. The SMILES string of the molecule is Cc1nc(-c2cccc(F)c2)ncc1OC(=O)Nn1cc(S(=O)(=O)N2CCOCC2)c2cc(F)ccc21. The van der Waals surface area contributed by atoms with Gasteiger partial charge < -0.3 is 9.47 Å². The first kappa shape index (κ1) is 24.7. The third kappa shape index (κ3) is 5.01. The second kappa shape index (κ2) is 9.84. The van der Waals surface area contributed by atoms with Crippen molar-refractivity contribution in [3.63, 3.8) is 0 Å². The summed E-state index contributed by atoms with van der Waals surface area (Å²) in [5.74, 6) is -0.771. The summed E-state index contributed by atoms with van der Waals surface area (Å²) in [6.45, 7) is 2.40. The Hall–Kier alpha value is -3.94. The van der Waals surface area contributed by atoms with Crippen molar-refractivity contribution in [1.82, 2.24) is 18.9 Å². The van der Waals surface area contributed by atoms with Gasteiger partial charge in [-0.3, -0.25) is 4.68 Å². The number of sulfonamides is 1. The summed E-state index contributed by atoms with van der Waals surface area (Å²) < 4.78 is 67.1. The maximum absolute atomic E-state index is 14.0. The molecule has 1 N–H and O–H groups in total. The van der Waals surface area contributed by atoms with E-state index in [1.807, 2.05) is 0 Å². The van der Waals surface area contributed by atoms with Gasteiger partial charge in [-0.2, -0.15) is 4.31 Å². The predicted molar refractivity (Wildman–Crippen MR) is 129 cm³/mol. The fraction of sp³-hybridized carbons (Fsp3) is 0.208. The van der Waals surface area contributed by atoms with Crippen LogP contribution in [0.4, 0.5) is 13.6 Å². The summed E-state index contributed by atoms with van der Waals surface area (Å²) in [7, 11) is -3.99. The van der Waals surface area contributed by atoms with Gasteiger partial charge >= 0.3 is 6.09 Å². The molecular formula is C24H21F2N5O5S. The lowest BCUT2D eigenvalue weighted by Gasteiger charge is -2.25. The Morgan fingerprint density at radius 2 is 1.86 bits per heavy atom. The Bertz CT molecular complexity index is 1600. The van der Waals surface area contributed by atoms with Crippen LogP contribution in [0.5, 0.6) is 5.75 Å². The van der Waals surface area contributed by atoms with Crippen molar-refractivity contribution in [2.45, 2.75) is 11.8 Å². The maximum Gasteiger partial charge on any atom is 0.432 e. The zero-order chi connectivity index (χ0) is 26.2. The van der Waals surface area contributed by atoms with Gasteiger partial charge in [-0.25, -0.2) is 37.4 Å². The Balaban J connectivity index is 1.40. The van der Waals surface area contributed by atoms with Crippen LogP contribution in [-0.4, -0.2) is 59.8 Å². The highest BCUT2D eigenvalue weighted by molar-refractivity contribution is 7.89. The van der Waals surface area contributed by atoms with E-state index in [1.165, 1.54) is 41.0 Å². The van der Waals surface area contributed by atoms with Crippen LogP contribution >= 0.6 is 0 Å². The fourth-order valence-electron chi connectivity index (χ4n) is 3.94. The lowest BCUT2D eigenvalue weighted by atomic mass is 10.2. The molecule has 13 heteroatoms. The number of rotatable bonds is 5. The molecule has 0 spiro atoms. The molecule has 192 valence electrons. The summed E-state index contributed by atoms with van der Waals surface area (Å²) in [5, 5.41) is 0.103. The lowest BCUT2D eigenvalue weighted by Crippen LogP contribution is -2.40. The van der Waals surface area contributed by atoms with E-state index in [2.05, 4.69) is 15.4 Å². The molecule has 0 unspecified atom stereocenters. The number of benzene rings is 2. The molecule has 1 aliphatic heterocycles. The molecule has 0 bridgehead atoms. The number of ether oxygens (including phenoxy) is 2. The van der Waals surface area contributed by atoms with Crippen LogP contribution in [0.25, 0.3) is 22.3 Å². The van der Waals surface area contributed by atoms with Crippen LogP contribution in [0.2, 0.25) is 0 Å². The molecule has 1 saturated heterocycles. The number of nitrogens with zero attached hydrogens (tertiary/aromatic N) is 4. The summed E-state index contributed by atoms with van der Waals surface area (Å²) in [4.78, 5) is 20.9. The number of aryl methyl sites for hydroxylation is 1. The summed E-state index contributed by atoms with van der Waals surface area (Å²) in [6.07, 6.45) is 1.52. The lowest BCUT2D eigenvalue weighted by molar-refractivity contribution is 0.0730. The van der Waals surface area contributed by atoms with Crippen molar-refractivity contribution < 1.29 is 31.5 Å². The average molecular weight is 530 g/mol. The van der Waals surface area contributed by atoms with Crippen LogP contribution < -0.4 is 10.2 Å². The number of carbonyl (C=O) groups excluding carboxylic acids is 1. The molecule has 1 fully saturated rings. The van der Waals surface area contributed by atoms with Crippen LogP contribution in [0.1, 0.15) is 5.69 Å². The molecule has 1 aliphatic rings. The van der Waals surface area contributed by atoms with Gasteiger partial charge in [-0.05, 0) is 37.3 Å². The topological polar surface area (TPSA) is 116 Å². The second-order valence-corrected chi connectivity index (χ2v) is 10.1. The molecule has 0 atom stereocenters. The molecule has 0 radical (unpaired) electrons. The minimum atomic E-state index is -3.99. The summed E-state index contributed by atoms with van der Waals surface area (Å²) >= 11 is 0. The van der Waals surface area contributed by atoms with Gasteiger partial charge in [0.15, 0.2) is 11.6 Å². The normalized spacial score (nSPS) is 14.6. The molecule has 0 saturated carbocycles. The predicted octanol–water partition coefficient (Wildman–Crippen LogP) is 3.45. The van der Waals surface area contributed by atoms with Crippen LogP contribution in [0.15, 0.2) is 59.8 Å². The first-order chi connectivity index (χ1) is 17.7. The third-order valence-electron chi connectivity index (χ3n) is 5.75. The molecule has 10 nitrogen and oxygen atoms in total. The number of halogens is 2. The smallest absolute Gasteiger partial charge is 0.406 e. The van der Waals surface area contributed by atoms with Gasteiger partial charge in [-0.15, -0.1) is 0 Å². The van der Waals surface area contributed by atoms with Gasteiger partial charge in [0.25, 0.3) is 0 Å². The first-order valence-electron chi connectivity index (χ1n) is 11.2. The Labute approximate surface area is 210 Å². The molecule has 4 aromatic rings. The molecule has 5 rings (SSSR count). The molecule has 1 amide bonds. The molecular weight excluding hydrogens is 508 g/mol. The highest BCUT2D eigenvalue weighted by Gasteiger charge is 2.30. The first-order valence-corrected chi connectivity index (χ1v) is 12.6. The number of aromatic nitrogens is 3. The van der Waals surface area contributed by atoms with Crippen molar-refractivity contribution in [1.29, 1.82) is 0 Å². The van der Waals surface area contributed by atoms with Crippen LogP contribution in [0.3, 0.4) is 0 Å². The number of amides is 1. The van der Waals surface area contributed by atoms with E-state index in [0.29, 0.717) is 11.3 Å². The zero-order valence-corrected chi connectivity index (χ0v) is 20.3. The van der Waals surface area contributed by atoms with Crippen molar-refractivity contribution in [2.24, 2.45) is 0 Å². The standard InChI is InChI=1S/C24H21F2N5O5S/c1-15-21(13-27-23(28-15)16-3-2-4-17(25)11-16)36-24(32)29-31-14-22(19-12-18(26)5-6-20(19)31)37(33,34)30-7-9-35-10-8-30/h2-6,11-14H,7-10H2,1H3,(H,29,32). The van der Waals surface area contributed by atoms with E-state index < -0.39 is 27.8 Å².